The van der Waals surface area contributed by atoms with Crippen LogP contribution < -0.4 is 0 Å². The van der Waals surface area contributed by atoms with Gasteiger partial charge in [0, 0.05) is 0 Å². The van der Waals surface area contributed by atoms with E-state index in [1.165, 1.54) is 24.8 Å². The number of aliphatic carboxylic acids is 1. The molecule has 1 saturated carbocycles. The fourth-order valence-corrected chi connectivity index (χ4v) is 4.73. The van der Waals surface area contributed by atoms with E-state index in [9.17, 15) is 9.90 Å². The molecule has 20 heavy (non-hydrogen) atoms. The van der Waals surface area contributed by atoms with Gasteiger partial charge in [0.15, 0.2) is 0 Å². The normalized spacial score (nSPS) is 36.8. The second-order valence-corrected chi connectivity index (χ2v) is 7.16. The Morgan fingerprint density at radius 3 is 2.75 bits per heavy atom. The number of carboxylic acids is 1. The first-order chi connectivity index (χ1) is 9.58. The summed E-state index contributed by atoms with van der Waals surface area (Å²) in [6, 6.07) is 0. The maximum atomic E-state index is 11.5. The molecule has 0 aromatic heterocycles. The predicted molar refractivity (Wildman–Crippen MR) is 80.3 cm³/mol. The Labute approximate surface area is 122 Å². The van der Waals surface area contributed by atoms with Crippen LogP contribution in [0.1, 0.15) is 52.4 Å². The van der Waals surface area contributed by atoms with Crippen LogP contribution in [0, 0.1) is 29.6 Å². The Bertz CT molecular complexity index is 458. The number of rotatable bonds is 2. The number of hydrogen-bond acceptors (Lipinski definition) is 1. The molecule has 3 rings (SSSR count). The van der Waals surface area contributed by atoms with Gasteiger partial charge in [0.05, 0.1) is 5.92 Å². The molecular weight excluding hydrogens is 248 g/mol. The number of hydrogen-bond donors (Lipinski definition) is 1. The molecule has 3 aliphatic carbocycles. The highest BCUT2D eigenvalue weighted by molar-refractivity contribution is 5.70. The van der Waals surface area contributed by atoms with Gasteiger partial charge >= 0.3 is 5.97 Å². The van der Waals surface area contributed by atoms with Gasteiger partial charge in [-0.1, -0.05) is 38.0 Å². The van der Waals surface area contributed by atoms with Crippen molar-refractivity contribution >= 4 is 5.97 Å². The third kappa shape index (κ3) is 2.34. The van der Waals surface area contributed by atoms with Gasteiger partial charge in [-0.3, -0.25) is 4.79 Å². The second-order valence-electron chi connectivity index (χ2n) is 7.16. The average Bonchev–Trinajstić information content (AvgIpc) is 2.45. The third-order valence-electron chi connectivity index (χ3n) is 5.84. The minimum atomic E-state index is -0.564. The van der Waals surface area contributed by atoms with Crippen LogP contribution in [-0.4, -0.2) is 11.1 Å². The van der Waals surface area contributed by atoms with Gasteiger partial charge in [0.1, 0.15) is 0 Å². The SMILES string of the molecule is CC(C)C1=CC2=CCC3C(CCC[C@H]3C(=O)O)C2CC1. The highest BCUT2D eigenvalue weighted by atomic mass is 16.4. The summed E-state index contributed by atoms with van der Waals surface area (Å²) < 4.78 is 0. The number of fused-ring (bicyclic) bond motifs is 3. The summed E-state index contributed by atoms with van der Waals surface area (Å²) in [5.74, 6) is 1.64. The number of allylic oxidation sites excluding steroid dienone is 4. The molecule has 2 nitrogen and oxygen atoms in total. The lowest BCUT2D eigenvalue weighted by atomic mass is 9.59. The predicted octanol–water partition coefficient (Wildman–Crippen LogP) is 4.43. The van der Waals surface area contributed by atoms with Gasteiger partial charge < -0.3 is 5.11 Å². The Balaban J connectivity index is 1.86. The molecule has 0 bridgehead atoms. The van der Waals surface area contributed by atoms with Gasteiger partial charge in [0.2, 0.25) is 0 Å². The van der Waals surface area contributed by atoms with E-state index in [-0.39, 0.29) is 5.92 Å². The Morgan fingerprint density at radius 1 is 1.25 bits per heavy atom. The summed E-state index contributed by atoms with van der Waals surface area (Å²) in [5, 5.41) is 9.46. The van der Waals surface area contributed by atoms with Crippen molar-refractivity contribution < 1.29 is 9.90 Å². The fraction of sp³-hybridized carbons (Fsp3) is 0.722. The monoisotopic (exact) mass is 274 g/mol. The quantitative estimate of drug-likeness (QED) is 0.809. The molecule has 3 aliphatic rings. The van der Waals surface area contributed by atoms with Crippen LogP contribution in [0.25, 0.3) is 0 Å². The standard InChI is InChI=1S/C18H26O2/c1-11(2)12-6-8-14-13(10-12)7-9-16-15(14)4-3-5-17(16)18(19)20/h7,10-11,14-17H,3-6,8-9H2,1-2H3,(H,19,20)/t14?,15?,16?,17-/m1/s1. The third-order valence-corrected chi connectivity index (χ3v) is 5.84. The van der Waals surface area contributed by atoms with Crippen LogP contribution in [0.2, 0.25) is 0 Å². The molecule has 0 spiro atoms. The van der Waals surface area contributed by atoms with E-state index < -0.39 is 5.97 Å². The van der Waals surface area contributed by atoms with Crippen LogP contribution in [-0.2, 0) is 4.79 Å². The summed E-state index contributed by atoms with van der Waals surface area (Å²) >= 11 is 0. The van der Waals surface area contributed by atoms with Crippen LogP contribution in [0.4, 0.5) is 0 Å². The van der Waals surface area contributed by atoms with Crippen molar-refractivity contribution in [1.29, 1.82) is 0 Å². The molecule has 0 amide bonds. The van der Waals surface area contributed by atoms with Crippen LogP contribution in [0.3, 0.4) is 0 Å². The summed E-state index contributed by atoms with van der Waals surface area (Å²) in [6.45, 7) is 4.55. The van der Waals surface area contributed by atoms with Crippen molar-refractivity contribution in [1.82, 2.24) is 0 Å². The molecule has 0 aliphatic heterocycles. The van der Waals surface area contributed by atoms with Crippen molar-refractivity contribution in [3.8, 4) is 0 Å². The molecule has 3 unspecified atom stereocenters. The van der Waals surface area contributed by atoms with E-state index in [0.717, 1.165) is 19.3 Å². The van der Waals surface area contributed by atoms with Gasteiger partial charge in [-0.15, -0.1) is 0 Å². The summed E-state index contributed by atoms with van der Waals surface area (Å²) in [6.07, 6.45) is 11.4. The van der Waals surface area contributed by atoms with Crippen LogP contribution >= 0.6 is 0 Å². The van der Waals surface area contributed by atoms with E-state index >= 15 is 0 Å². The van der Waals surface area contributed by atoms with Gasteiger partial charge in [-0.25, -0.2) is 0 Å². The van der Waals surface area contributed by atoms with Crippen molar-refractivity contribution in [3.05, 3.63) is 23.3 Å². The van der Waals surface area contributed by atoms with Gasteiger partial charge in [0.25, 0.3) is 0 Å². The van der Waals surface area contributed by atoms with Crippen molar-refractivity contribution in [2.75, 3.05) is 0 Å². The van der Waals surface area contributed by atoms with Gasteiger partial charge in [-0.2, -0.15) is 0 Å². The first-order valence-corrected chi connectivity index (χ1v) is 8.21. The molecule has 0 heterocycles. The van der Waals surface area contributed by atoms with E-state index in [4.69, 9.17) is 0 Å². The Hall–Kier alpha value is -1.05. The van der Waals surface area contributed by atoms with Crippen molar-refractivity contribution in [2.45, 2.75) is 52.4 Å². The highest BCUT2D eigenvalue weighted by Gasteiger charge is 2.43. The van der Waals surface area contributed by atoms with Gasteiger partial charge in [-0.05, 0) is 61.3 Å². The van der Waals surface area contributed by atoms with E-state index in [0.29, 0.717) is 23.7 Å². The van der Waals surface area contributed by atoms with E-state index in [1.807, 2.05) is 0 Å². The molecule has 0 aromatic carbocycles. The van der Waals surface area contributed by atoms with Crippen molar-refractivity contribution in [2.24, 2.45) is 29.6 Å². The van der Waals surface area contributed by atoms with E-state index in [2.05, 4.69) is 26.0 Å². The minimum absolute atomic E-state index is 0.0953. The molecule has 2 heteroatoms. The minimum Gasteiger partial charge on any atom is -0.481 e. The zero-order valence-electron chi connectivity index (χ0n) is 12.6. The molecule has 0 aromatic rings. The topological polar surface area (TPSA) is 37.3 Å². The van der Waals surface area contributed by atoms with Crippen LogP contribution in [0.15, 0.2) is 23.3 Å². The lowest BCUT2D eigenvalue weighted by Gasteiger charge is -2.45. The first-order valence-electron chi connectivity index (χ1n) is 8.21. The largest absolute Gasteiger partial charge is 0.481 e. The molecule has 4 atom stereocenters. The Kier molecular flexibility index (Phi) is 3.74. The fourth-order valence-electron chi connectivity index (χ4n) is 4.73. The molecule has 0 saturated heterocycles. The zero-order chi connectivity index (χ0) is 14.3. The zero-order valence-corrected chi connectivity index (χ0v) is 12.6. The smallest absolute Gasteiger partial charge is 0.306 e. The molecule has 1 N–H and O–H groups in total. The lowest BCUT2D eigenvalue weighted by Crippen LogP contribution is -2.40. The number of carboxylic acid groups (broad SMARTS) is 1. The van der Waals surface area contributed by atoms with Crippen LogP contribution in [0.5, 0.6) is 0 Å². The summed E-state index contributed by atoms with van der Waals surface area (Å²) in [4.78, 5) is 11.5. The summed E-state index contributed by atoms with van der Waals surface area (Å²) in [7, 11) is 0. The lowest BCUT2D eigenvalue weighted by molar-refractivity contribution is -0.146. The van der Waals surface area contributed by atoms with Crippen molar-refractivity contribution in [3.63, 3.8) is 0 Å². The first kappa shape index (κ1) is 13.9. The number of carbonyl (C=O) groups is 1. The molecule has 1 fully saturated rings. The Morgan fingerprint density at radius 2 is 2.05 bits per heavy atom. The maximum absolute atomic E-state index is 11.5. The molecular formula is C18H26O2. The van der Waals surface area contributed by atoms with E-state index in [1.54, 1.807) is 5.57 Å². The molecule has 0 radical (unpaired) electrons. The summed E-state index contributed by atoms with van der Waals surface area (Å²) in [5.41, 5.74) is 3.10. The molecule has 110 valence electrons. The average molecular weight is 274 g/mol. The second kappa shape index (κ2) is 5.38. The maximum Gasteiger partial charge on any atom is 0.306 e. The highest BCUT2D eigenvalue weighted by Crippen LogP contribution is 2.50.